The molecule has 3 heteroatoms. The second-order valence-electron chi connectivity index (χ2n) is 4.61. The fourth-order valence-electron chi connectivity index (χ4n) is 2.41. The van der Waals surface area contributed by atoms with E-state index in [2.05, 4.69) is 5.32 Å². The second kappa shape index (κ2) is 4.69. The second-order valence-corrected chi connectivity index (χ2v) is 4.61. The predicted octanol–water partition coefficient (Wildman–Crippen LogP) is 2.74. The van der Waals surface area contributed by atoms with Crippen molar-refractivity contribution in [3.8, 4) is 0 Å². The summed E-state index contributed by atoms with van der Waals surface area (Å²) in [5.41, 5.74) is 2.27. The Kier molecular flexibility index (Phi) is 2.88. The van der Waals surface area contributed by atoms with E-state index in [1.54, 1.807) is 18.2 Å². The highest BCUT2D eigenvalue weighted by atomic mass is 16.2. The van der Waals surface area contributed by atoms with Crippen molar-refractivity contribution >= 4 is 11.7 Å². The molecule has 2 aromatic rings. The number of Topliss-reactive ketones (excluding diaryl/α,β-unsaturated/α-hetero) is 1. The highest BCUT2D eigenvalue weighted by molar-refractivity contribution is 6.01. The van der Waals surface area contributed by atoms with E-state index in [0.717, 1.165) is 5.56 Å². The summed E-state index contributed by atoms with van der Waals surface area (Å²) in [4.78, 5) is 23.9. The van der Waals surface area contributed by atoms with E-state index in [-0.39, 0.29) is 17.7 Å². The standard InChI is InChI=1S/C16H13NO2/c18-15(11-6-2-1-3-7-11)10-14-12-8-4-5-9-13(12)16(19)17-14/h1-9,14H,10H2,(H,17,19)/t14-/m0/s1. The molecule has 1 N–H and O–H groups in total. The first-order valence-corrected chi connectivity index (χ1v) is 6.24. The Morgan fingerprint density at radius 3 is 2.47 bits per heavy atom. The molecule has 0 saturated heterocycles. The van der Waals surface area contributed by atoms with Crippen LogP contribution in [0.5, 0.6) is 0 Å². The fourth-order valence-corrected chi connectivity index (χ4v) is 2.41. The van der Waals surface area contributed by atoms with Crippen molar-refractivity contribution < 1.29 is 9.59 Å². The molecular formula is C16H13NO2. The molecule has 1 atom stereocenters. The summed E-state index contributed by atoms with van der Waals surface area (Å²) in [6.45, 7) is 0. The van der Waals surface area contributed by atoms with E-state index in [1.165, 1.54) is 0 Å². The van der Waals surface area contributed by atoms with E-state index in [4.69, 9.17) is 0 Å². The summed E-state index contributed by atoms with van der Waals surface area (Å²) in [5, 5.41) is 2.86. The highest BCUT2D eigenvalue weighted by Gasteiger charge is 2.29. The smallest absolute Gasteiger partial charge is 0.252 e. The van der Waals surface area contributed by atoms with Gasteiger partial charge < -0.3 is 5.32 Å². The van der Waals surface area contributed by atoms with Gasteiger partial charge in [0.2, 0.25) is 0 Å². The van der Waals surface area contributed by atoms with Gasteiger partial charge in [0, 0.05) is 17.5 Å². The number of ketones is 1. The fraction of sp³-hybridized carbons (Fsp3) is 0.125. The molecule has 0 fully saturated rings. The number of hydrogen-bond donors (Lipinski definition) is 1. The van der Waals surface area contributed by atoms with Gasteiger partial charge in [-0.25, -0.2) is 0 Å². The number of benzene rings is 2. The number of fused-ring (bicyclic) bond motifs is 1. The maximum absolute atomic E-state index is 12.2. The van der Waals surface area contributed by atoms with Gasteiger partial charge in [-0.15, -0.1) is 0 Å². The molecule has 1 heterocycles. The molecule has 19 heavy (non-hydrogen) atoms. The lowest BCUT2D eigenvalue weighted by atomic mass is 9.98. The zero-order valence-corrected chi connectivity index (χ0v) is 10.3. The molecule has 2 aromatic carbocycles. The van der Waals surface area contributed by atoms with Crippen LogP contribution in [0.3, 0.4) is 0 Å². The van der Waals surface area contributed by atoms with Crippen molar-refractivity contribution in [1.82, 2.24) is 5.32 Å². The number of hydrogen-bond acceptors (Lipinski definition) is 2. The molecule has 0 saturated carbocycles. The van der Waals surface area contributed by atoms with Crippen LogP contribution in [0.25, 0.3) is 0 Å². The van der Waals surface area contributed by atoms with Gasteiger partial charge in [-0.05, 0) is 11.6 Å². The minimum absolute atomic E-state index is 0.0441. The van der Waals surface area contributed by atoms with Crippen molar-refractivity contribution in [2.45, 2.75) is 12.5 Å². The molecule has 0 bridgehead atoms. The van der Waals surface area contributed by atoms with E-state index in [9.17, 15) is 9.59 Å². The first-order valence-electron chi connectivity index (χ1n) is 6.24. The Bertz CT molecular complexity index is 634. The van der Waals surface area contributed by atoms with E-state index in [1.807, 2.05) is 36.4 Å². The maximum Gasteiger partial charge on any atom is 0.252 e. The van der Waals surface area contributed by atoms with Crippen molar-refractivity contribution in [2.24, 2.45) is 0 Å². The van der Waals surface area contributed by atoms with Gasteiger partial charge in [0.1, 0.15) is 0 Å². The van der Waals surface area contributed by atoms with E-state index < -0.39 is 0 Å². The van der Waals surface area contributed by atoms with Crippen LogP contribution in [0.15, 0.2) is 54.6 Å². The average Bonchev–Trinajstić information content (AvgIpc) is 2.77. The third kappa shape index (κ3) is 2.15. The zero-order chi connectivity index (χ0) is 13.2. The van der Waals surface area contributed by atoms with Gasteiger partial charge in [-0.2, -0.15) is 0 Å². The highest BCUT2D eigenvalue weighted by Crippen LogP contribution is 2.28. The Morgan fingerprint density at radius 2 is 1.68 bits per heavy atom. The van der Waals surface area contributed by atoms with Gasteiger partial charge in [-0.1, -0.05) is 48.5 Å². The molecule has 3 rings (SSSR count). The van der Waals surface area contributed by atoms with Gasteiger partial charge in [0.25, 0.3) is 5.91 Å². The van der Waals surface area contributed by atoms with Gasteiger partial charge in [-0.3, -0.25) is 9.59 Å². The lowest BCUT2D eigenvalue weighted by Gasteiger charge is -2.10. The minimum Gasteiger partial charge on any atom is -0.345 e. The maximum atomic E-state index is 12.2. The van der Waals surface area contributed by atoms with Crippen LogP contribution in [-0.4, -0.2) is 11.7 Å². The number of rotatable bonds is 3. The number of amides is 1. The van der Waals surface area contributed by atoms with Gasteiger partial charge in [0.05, 0.1) is 6.04 Å². The molecule has 0 aliphatic carbocycles. The van der Waals surface area contributed by atoms with Crippen LogP contribution < -0.4 is 5.32 Å². The van der Waals surface area contributed by atoms with Crippen LogP contribution in [0.2, 0.25) is 0 Å². The number of nitrogens with one attached hydrogen (secondary N) is 1. The van der Waals surface area contributed by atoms with Crippen LogP contribution in [0.1, 0.15) is 38.7 Å². The van der Waals surface area contributed by atoms with Crippen molar-refractivity contribution in [2.75, 3.05) is 0 Å². The molecule has 1 aliphatic rings. The molecule has 1 aliphatic heterocycles. The third-order valence-corrected chi connectivity index (χ3v) is 3.37. The molecule has 1 amide bonds. The first-order chi connectivity index (χ1) is 9.25. The molecular weight excluding hydrogens is 238 g/mol. The van der Waals surface area contributed by atoms with Crippen molar-refractivity contribution in [3.63, 3.8) is 0 Å². The summed E-state index contributed by atoms with van der Waals surface area (Å²) in [5.74, 6) is -0.0518. The van der Waals surface area contributed by atoms with Crippen LogP contribution >= 0.6 is 0 Å². The Morgan fingerprint density at radius 1 is 1.00 bits per heavy atom. The van der Waals surface area contributed by atoms with E-state index >= 15 is 0 Å². The Balaban J connectivity index is 1.83. The minimum atomic E-state index is -0.212. The van der Waals surface area contributed by atoms with Crippen LogP contribution in [-0.2, 0) is 0 Å². The lowest BCUT2D eigenvalue weighted by molar-refractivity contribution is 0.0933. The molecule has 0 aromatic heterocycles. The Hall–Kier alpha value is -2.42. The first kappa shape index (κ1) is 11.7. The monoisotopic (exact) mass is 251 g/mol. The summed E-state index contributed by atoms with van der Waals surface area (Å²) < 4.78 is 0. The summed E-state index contributed by atoms with van der Waals surface area (Å²) >= 11 is 0. The molecule has 0 spiro atoms. The van der Waals surface area contributed by atoms with Crippen molar-refractivity contribution in [3.05, 3.63) is 71.3 Å². The lowest BCUT2D eigenvalue weighted by Crippen LogP contribution is -2.21. The zero-order valence-electron chi connectivity index (χ0n) is 10.3. The predicted molar refractivity (Wildman–Crippen MR) is 72.0 cm³/mol. The van der Waals surface area contributed by atoms with Crippen LogP contribution in [0.4, 0.5) is 0 Å². The molecule has 0 unspecified atom stereocenters. The largest absolute Gasteiger partial charge is 0.345 e. The molecule has 0 radical (unpaired) electrons. The van der Waals surface area contributed by atoms with Gasteiger partial charge in [0.15, 0.2) is 5.78 Å². The normalized spacial score (nSPS) is 16.8. The van der Waals surface area contributed by atoms with Crippen LogP contribution in [0, 0.1) is 0 Å². The summed E-state index contributed by atoms with van der Waals surface area (Å²) in [6.07, 6.45) is 0.298. The Labute approximate surface area is 111 Å². The quantitative estimate of drug-likeness (QED) is 0.852. The number of carbonyl (C=O) groups is 2. The summed E-state index contributed by atoms with van der Waals surface area (Å²) in [6, 6.07) is 16.4. The average molecular weight is 251 g/mol. The van der Waals surface area contributed by atoms with E-state index in [0.29, 0.717) is 17.5 Å². The number of carbonyl (C=O) groups excluding carboxylic acids is 2. The van der Waals surface area contributed by atoms with Gasteiger partial charge >= 0.3 is 0 Å². The molecule has 3 nitrogen and oxygen atoms in total. The molecule has 94 valence electrons. The third-order valence-electron chi connectivity index (χ3n) is 3.37. The van der Waals surface area contributed by atoms with Crippen molar-refractivity contribution in [1.29, 1.82) is 0 Å². The topological polar surface area (TPSA) is 46.2 Å². The summed E-state index contributed by atoms with van der Waals surface area (Å²) in [7, 11) is 0. The SMILES string of the molecule is O=C(C[C@@H]1NC(=O)c2ccccc21)c1ccccc1.